The topological polar surface area (TPSA) is 55.8 Å². The van der Waals surface area contributed by atoms with Crippen LogP contribution in [0.2, 0.25) is 0 Å². The average Bonchev–Trinajstić information content (AvgIpc) is 2.43. The molecule has 0 aliphatic rings. The molecular formula is C19H29NO4. The molecule has 0 aliphatic carbocycles. The monoisotopic (exact) mass is 335 g/mol. The van der Waals surface area contributed by atoms with E-state index in [0.29, 0.717) is 19.3 Å². The van der Waals surface area contributed by atoms with Crippen LogP contribution in [0.25, 0.3) is 0 Å². The SMILES string of the molecule is CC(C)OC(=O)CCc1cccc(CC(C)OC(=O)CN(C)C)c1. The highest BCUT2D eigenvalue weighted by Gasteiger charge is 2.12. The van der Waals surface area contributed by atoms with E-state index in [2.05, 4.69) is 6.07 Å². The highest BCUT2D eigenvalue weighted by Crippen LogP contribution is 2.12. The van der Waals surface area contributed by atoms with E-state index < -0.39 is 0 Å². The summed E-state index contributed by atoms with van der Waals surface area (Å²) in [5.74, 6) is -0.401. The summed E-state index contributed by atoms with van der Waals surface area (Å²) in [5.41, 5.74) is 2.18. The molecule has 1 rings (SSSR count). The Hall–Kier alpha value is -1.88. The lowest BCUT2D eigenvalue weighted by atomic mass is 10.0. The van der Waals surface area contributed by atoms with E-state index in [4.69, 9.17) is 9.47 Å². The second-order valence-corrected chi connectivity index (χ2v) is 6.60. The van der Waals surface area contributed by atoms with Crippen molar-refractivity contribution in [1.82, 2.24) is 4.90 Å². The van der Waals surface area contributed by atoms with E-state index in [-0.39, 0.29) is 30.7 Å². The molecule has 0 saturated carbocycles. The number of hydrogen-bond donors (Lipinski definition) is 0. The van der Waals surface area contributed by atoms with Crippen molar-refractivity contribution in [1.29, 1.82) is 0 Å². The van der Waals surface area contributed by atoms with Crippen molar-refractivity contribution in [3.05, 3.63) is 35.4 Å². The summed E-state index contributed by atoms with van der Waals surface area (Å²) < 4.78 is 10.5. The summed E-state index contributed by atoms with van der Waals surface area (Å²) in [6.07, 6.45) is 1.41. The largest absolute Gasteiger partial charge is 0.463 e. The van der Waals surface area contributed by atoms with E-state index >= 15 is 0 Å². The first-order chi connectivity index (χ1) is 11.3. The maximum Gasteiger partial charge on any atom is 0.320 e. The lowest BCUT2D eigenvalue weighted by Gasteiger charge is -2.16. The smallest absolute Gasteiger partial charge is 0.320 e. The molecule has 0 bridgehead atoms. The van der Waals surface area contributed by atoms with Crippen LogP contribution in [0.4, 0.5) is 0 Å². The summed E-state index contributed by atoms with van der Waals surface area (Å²) in [6.45, 7) is 5.86. The van der Waals surface area contributed by atoms with Crippen LogP contribution in [0.1, 0.15) is 38.3 Å². The zero-order chi connectivity index (χ0) is 18.1. The van der Waals surface area contributed by atoms with Gasteiger partial charge in [0.05, 0.1) is 12.6 Å². The average molecular weight is 335 g/mol. The van der Waals surface area contributed by atoms with Crippen LogP contribution >= 0.6 is 0 Å². The Bertz CT molecular complexity index is 540. The third kappa shape index (κ3) is 8.67. The molecule has 24 heavy (non-hydrogen) atoms. The van der Waals surface area contributed by atoms with Crippen LogP contribution in [0.3, 0.4) is 0 Å². The number of aryl methyl sites for hydroxylation is 1. The molecule has 0 heterocycles. The lowest BCUT2D eigenvalue weighted by molar-refractivity contribution is -0.149. The number of carbonyl (C=O) groups is 2. The van der Waals surface area contributed by atoms with Crippen LogP contribution in [0, 0.1) is 0 Å². The molecule has 5 nitrogen and oxygen atoms in total. The molecule has 0 aliphatic heterocycles. The Morgan fingerprint density at radius 1 is 1.04 bits per heavy atom. The molecule has 1 aromatic carbocycles. The minimum atomic E-state index is -0.222. The number of likely N-dealkylation sites (N-methyl/N-ethyl adjacent to an activating group) is 1. The minimum Gasteiger partial charge on any atom is -0.463 e. The first kappa shape index (κ1) is 20.2. The Kier molecular flexibility index (Phi) is 8.47. The number of ether oxygens (including phenoxy) is 2. The highest BCUT2D eigenvalue weighted by molar-refractivity contribution is 5.71. The Morgan fingerprint density at radius 3 is 2.33 bits per heavy atom. The van der Waals surface area contributed by atoms with Crippen molar-refractivity contribution in [2.45, 2.75) is 52.2 Å². The van der Waals surface area contributed by atoms with Gasteiger partial charge in [-0.05, 0) is 52.4 Å². The molecule has 1 atom stereocenters. The minimum absolute atomic E-state index is 0.0819. The van der Waals surface area contributed by atoms with E-state index in [1.165, 1.54) is 0 Å². The molecular weight excluding hydrogens is 306 g/mol. The molecule has 0 saturated heterocycles. The molecule has 134 valence electrons. The van der Waals surface area contributed by atoms with Crippen molar-refractivity contribution in [2.24, 2.45) is 0 Å². The van der Waals surface area contributed by atoms with Gasteiger partial charge in [-0.25, -0.2) is 0 Å². The van der Waals surface area contributed by atoms with Gasteiger partial charge in [0.25, 0.3) is 0 Å². The lowest BCUT2D eigenvalue weighted by Crippen LogP contribution is -2.27. The van der Waals surface area contributed by atoms with Crippen molar-refractivity contribution in [3.8, 4) is 0 Å². The number of carbonyl (C=O) groups excluding carboxylic acids is 2. The predicted octanol–water partition coefficient (Wildman–Crippen LogP) is 2.61. The number of hydrogen-bond acceptors (Lipinski definition) is 5. The first-order valence-electron chi connectivity index (χ1n) is 8.37. The van der Waals surface area contributed by atoms with Crippen LogP contribution in [0.15, 0.2) is 24.3 Å². The van der Waals surface area contributed by atoms with Crippen LogP contribution in [-0.2, 0) is 31.9 Å². The molecule has 0 radical (unpaired) electrons. The zero-order valence-electron chi connectivity index (χ0n) is 15.4. The van der Waals surface area contributed by atoms with Crippen molar-refractivity contribution in [3.63, 3.8) is 0 Å². The number of rotatable bonds is 9. The fraction of sp³-hybridized carbons (Fsp3) is 0.579. The standard InChI is InChI=1S/C19H29NO4/c1-14(2)23-18(21)10-9-16-7-6-8-17(12-16)11-15(3)24-19(22)13-20(4)5/h6-8,12,14-15H,9-11,13H2,1-5H3. The van der Waals surface area contributed by atoms with Crippen LogP contribution in [0.5, 0.6) is 0 Å². The molecule has 5 heteroatoms. The molecule has 0 fully saturated rings. The van der Waals surface area contributed by atoms with Gasteiger partial charge in [0.2, 0.25) is 0 Å². The summed E-state index contributed by atoms with van der Waals surface area (Å²) in [6, 6.07) is 8.02. The Labute approximate surface area is 144 Å². The number of esters is 2. The summed E-state index contributed by atoms with van der Waals surface area (Å²) >= 11 is 0. The van der Waals surface area contributed by atoms with Gasteiger partial charge in [-0.15, -0.1) is 0 Å². The number of benzene rings is 1. The van der Waals surface area contributed by atoms with Crippen molar-refractivity contribution in [2.75, 3.05) is 20.6 Å². The third-order valence-electron chi connectivity index (χ3n) is 3.28. The van der Waals surface area contributed by atoms with Gasteiger partial charge >= 0.3 is 11.9 Å². The van der Waals surface area contributed by atoms with E-state index in [1.807, 2.05) is 53.1 Å². The van der Waals surface area contributed by atoms with Gasteiger partial charge in [0.15, 0.2) is 0 Å². The Morgan fingerprint density at radius 2 is 1.71 bits per heavy atom. The normalized spacial score (nSPS) is 12.3. The maximum absolute atomic E-state index is 11.7. The van der Waals surface area contributed by atoms with E-state index in [0.717, 1.165) is 11.1 Å². The van der Waals surface area contributed by atoms with E-state index in [9.17, 15) is 9.59 Å². The fourth-order valence-electron chi connectivity index (χ4n) is 2.37. The molecule has 1 aromatic rings. The molecule has 0 aromatic heterocycles. The zero-order valence-corrected chi connectivity index (χ0v) is 15.4. The Balaban J connectivity index is 2.49. The first-order valence-corrected chi connectivity index (χ1v) is 8.37. The van der Waals surface area contributed by atoms with Gasteiger partial charge in [-0.1, -0.05) is 24.3 Å². The van der Waals surface area contributed by atoms with Crippen molar-refractivity contribution >= 4 is 11.9 Å². The van der Waals surface area contributed by atoms with Gasteiger partial charge in [-0.2, -0.15) is 0 Å². The van der Waals surface area contributed by atoms with Gasteiger partial charge in [0, 0.05) is 12.8 Å². The fourth-order valence-corrected chi connectivity index (χ4v) is 2.37. The van der Waals surface area contributed by atoms with Gasteiger partial charge < -0.3 is 9.47 Å². The molecule has 0 amide bonds. The molecule has 0 N–H and O–H groups in total. The van der Waals surface area contributed by atoms with Gasteiger partial charge in [-0.3, -0.25) is 14.5 Å². The predicted molar refractivity (Wildman–Crippen MR) is 93.8 cm³/mol. The summed E-state index contributed by atoms with van der Waals surface area (Å²) in [4.78, 5) is 25.1. The van der Waals surface area contributed by atoms with Gasteiger partial charge in [0.1, 0.15) is 6.10 Å². The second kappa shape index (κ2) is 10.1. The number of nitrogens with zero attached hydrogens (tertiary/aromatic N) is 1. The summed E-state index contributed by atoms with van der Waals surface area (Å²) in [7, 11) is 3.67. The van der Waals surface area contributed by atoms with Crippen LogP contribution < -0.4 is 0 Å². The van der Waals surface area contributed by atoms with Crippen LogP contribution in [-0.4, -0.2) is 49.7 Å². The quantitative estimate of drug-likeness (QED) is 0.649. The second-order valence-electron chi connectivity index (χ2n) is 6.60. The third-order valence-corrected chi connectivity index (χ3v) is 3.28. The summed E-state index contributed by atoms with van der Waals surface area (Å²) in [5, 5.41) is 0. The molecule has 1 unspecified atom stereocenters. The van der Waals surface area contributed by atoms with E-state index in [1.54, 1.807) is 4.90 Å². The highest BCUT2D eigenvalue weighted by atomic mass is 16.5. The van der Waals surface area contributed by atoms with Crippen molar-refractivity contribution < 1.29 is 19.1 Å². The maximum atomic E-state index is 11.7. The molecule has 0 spiro atoms.